The summed E-state index contributed by atoms with van der Waals surface area (Å²) >= 11 is 0. The highest BCUT2D eigenvalue weighted by Crippen LogP contribution is 2.40. The fourth-order valence-corrected chi connectivity index (χ4v) is 4.08. The maximum Gasteiger partial charge on any atom is 0.293 e. The Hall–Kier alpha value is -0.790. The molecule has 3 saturated heterocycles. The van der Waals surface area contributed by atoms with Crippen molar-refractivity contribution < 1.29 is 18.7 Å². The highest BCUT2D eigenvalue weighted by atomic mass is 19.3. The molecule has 1 aliphatic carbocycles. The highest BCUT2D eigenvalue weighted by Gasteiger charge is 2.52. The van der Waals surface area contributed by atoms with E-state index >= 15 is 0 Å². The summed E-state index contributed by atoms with van der Waals surface area (Å²) in [5.41, 5.74) is -1.97. The normalized spacial score (nSPS) is 34.0. The molecule has 0 aromatic rings. The van der Waals surface area contributed by atoms with Gasteiger partial charge < -0.3 is 10.4 Å². The molecular weight excluding hydrogens is 304 g/mol. The Kier molecular flexibility index (Phi) is 4.90. The highest BCUT2D eigenvalue weighted by molar-refractivity contribution is 5.82. The average molecular weight is 331 g/mol. The first-order valence-corrected chi connectivity index (χ1v) is 8.76. The number of amides is 1. The molecule has 3 unspecified atom stereocenters. The number of nitrogens with zero attached hydrogens (tertiary/aromatic N) is 2. The van der Waals surface area contributed by atoms with Gasteiger partial charge in [-0.1, -0.05) is 19.3 Å². The number of alkyl halides is 2. The standard InChI is InChI=1S/C16H27F2N3O2/c17-16(18,15(23)5-2-1-3-6-15)12-19-14(22)13-11-20-7-4-8-21(13)10-9-20/h13,23H,1-12H2,(H,19,22). The topological polar surface area (TPSA) is 55.8 Å². The van der Waals surface area contributed by atoms with Crippen LogP contribution in [0.4, 0.5) is 8.78 Å². The first-order valence-electron chi connectivity index (χ1n) is 8.76. The van der Waals surface area contributed by atoms with Gasteiger partial charge in [-0.05, 0) is 25.8 Å². The van der Waals surface area contributed by atoms with Crippen LogP contribution in [0.15, 0.2) is 0 Å². The summed E-state index contributed by atoms with van der Waals surface area (Å²) in [5.74, 6) is -3.61. The van der Waals surface area contributed by atoms with Gasteiger partial charge in [0, 0.05) is 26.2 Å². The van der Waals surface area contributed by atoms with Gasteiger partial charge in [0.1, 0.15) is 11.6 Å². The van der Waals surface area contributed by atoms with E-state index in [-0.39, 0.29) is 24.8 Å². The molecule has 7 heteroatoms. The van der Waals surface area contributed by atoms with Crippen LogP contribution < -0.4 is 5.32 Å². The summed E-state index contributed by atoms with van der Waals surface area (Å²) in [6.07, 6.45) is 3.35. The van der Waals surface area contributed by atoms with Crippen LogP contribution in [-0.4, -0.2) is 77.6 Å². The Morgan fingerprint density at radius 1 is 1.13 bits per heavy atom. The number of carbonyl (C=O) groups is 1. The molecule has 2 N–H and O–H groups in total. The summed E-state index contributed by atoms with van der Waals surface area (Å²) < 4.78 is 28.8. The van der Waals surface area contributed by atoms with Crippen molar-refractivity contribution in [2.75, 3.05) is 39.3 Å². The Morgan fingerprint density at radius 3 is 2.61 bits per heavy atom. The van der Waals surface area contributed by atoms with Gasteiger partial charge in [-0.25, -0.2) is 8.78 Å². The minimum absolute atomic E-state index is 0.110. The molecule has 2 bridgehead atoms. The molecular formula is C16H27F2N3O2. The predicted octanol–water partition coefficient (Wildman–Crippen LogP) is 0.823. The smallest absolute Gasteiger partial charge is 0.293 e. The molecule has 3 aliphatic heterocycles. The van der Waals surface area contributed by atoms with Crippen LogP contribution in [0, 0.1) is 0 Å². The van der Waals surface area contributed by atoms with E-state index in [1.165, 1.54) is 0 Å². The number of carbonyl (C=O) groups excluding carboxylic acids is 1. The molecule has 132 valence electrons. The molecule has 3 heterocycles. The third kappa shape index (κ3) is 3.51. The van der Waals surface area contributed by atoms with Crippen molar-refractivity contribution in [3.8, 4) is 0 Å². The van der Waals surface area contributed by atoms with Gasteiger partial charge in [-0.2, -0.15) is 0 Å². The third-order valence-electron chi connectivity index (χ3n) is 5.64. The maximum atomic E-state index is 14.4. The molecule has 4 fully saturated rings. The zero-order chi connectivity index (χ0) is 16.5. The van der Waals surface area contributed by atoms with Crippen molar-refractivity contribution >= 4 is 5.91 Å². The Labute approximate surface area is 136 Å². The zero-order valence-electron chi connectivity index (χ0n) is 13.6. The first kappa shape index (κ1) is 17.0. The lowest BCUT2D eigenvalue weighted by molar-refractivity contribution is -0.193. The molecule has 1 amide bonds. The van der Waals surface area contributed by atoms with E-state index in [4.69, 9.17) is 0 Å². The summed E-state index contributed by atoms with van der Waals surface area (Å²) in [4.78, 5) is 16.7. The second kappa shape index (κ2) is 6.61. The number of nitrogens with one attached hydrogen (secondary N) is 1. The Balaban J connectivity index is 1.57. The number of halogens is 2. The monoisotopic (exact) mass is 331 g/mol. The molecule has 23 heavy (non-hydrogen) atoms. The first-order chi connectivity index (χ1) is 10.9. The van der Waals surface area contributed by atoms with Gasteiger partial charge in [-0.15, -0.1) is 0 Å². The summed E-state index contributed by atoms with van der Waals surface area (Å²) in [6.45, 7) is 3.41. The largest absolute Gasteiger partial charge is 0.384 e. The SMILES string of the molecule is O=C(NCC(F)(F)C1(O)CCCCC1)C1CN2CCCN1CC2. The molecule has 1 saturated carbocycles. The lowest BCUT2D eigenvalue weighted by Crippen LogP contribution is -2.60. The maximum absolute atomic E-state index is 14.4. The summed E-state index contributed by atoms with van der Waals surface area (Å²) in [6, 6.07) is -0.344. The lowest BCUT2D eigenvalue weighted by Gasteiger charge is -2.40. The number of piperazine rings is 1. The molecule has 5 nitrogen and oxygen atoms in total. The number of fused-ring (bicyclic) bond motifs is 4. The third-order valence-corrected chi connectivity index (χ3v) is 5.64. The number of aliphatic hydroxyl groups is 1. The molecule has 0 aromatic heterocycles. The summed E-state index contributed by atoms with van der Waals surface area (Å²) in [5, 5.41) is 12.7. The van der Waals surface area contributed by atoms with Gasteiger partial charge in [0.15, 0.2) is 0 Å². The number of rotatable bonds is 4. The molecule has 0 aromatic carbocycles. The number of hydrogen-bond donors (Lipinski definition) is 2. The van der Waals surface area contributed by atoms with Crippen LogP contribution in [0.3, 0.4) is 0 Å². The van der Waals surface area contributed by atoms with Crippen LogP contribution in [-0.2, 0) is 4.79 Å². The zero-order valence-corrected chi connectivity index (χ0v) is 13.6. The quantitative estimate of drug-likeness (QED) is 0.801. The van der Waals surface area contributed by atoms with Gasteiger partial charge in [0.05, 0.1) is 6.54 Å². The second-order valence-corrected chi connectivity index (χ2v) is 7.22. The predicted molar refractivity (Wildman–Crippen MR) is 82.4 cm³/mol. The molecule has 0 radical (unpaired) electrons. The van der Waals surface area contributed by atoms with Crippen LogP contribution in [0.5, 0.6) is 0 Å². The average Bonchev–Trinajstić information content (AvgIpc) is 2.89. The minimum atomic E-state index is -3.28. The van der Waals surface area contributed by atoms with E-state index in [9.17, 15) is 18.7 Å². The van der Waals surface area contributed by atoms with Crippen molar-refractivity contribution in [3.05, 3.63) is 0 Å². The van der Waals surface area contributed by atoms with Gasteiger partial charge in [0.25, 0.3) is 5.92 Å². The fourth-order valence-electron chi connectivity index (χ4n) is 4.08. The van der Waals surface area contributed by atoms with Crippen molar-refractivity contribution in [1.82, 2.24) is 15.1 Å². The van der Waals surface area contributed by atoms with E-state index in [1.807, 2.05) is 0 Å². The van der Waals surface area contributed by atoms with E-state index in [0.717, 1.165) is 39.0 Å². The Bertz CT molecular complexity index is 437. The van der Waals surface area contributed by atoms with E-state index in [0.29, 0.717) is 19.4 Å². The minimum Gasteiger partial charge on any atom is -0.384 e. The molecule has 3 atom stereocenters. The summed E-state index contributed by atoms with van der Waals surface area (Å²) in [7, 11) is 0. The molecule has 4 aliphatic rings. The van der Waals surface area contributed by atoms with E-state index < -0.39 is 18.1 Å². The molecule has 4 rings (SSSR count). The lowest BCUT2D eigenvalue weighted by atomic mass is 9.80. The molecule has 0 spiro atoms. The number of hydrogen-bond acceptors (Lipinski definition) is 4. The van der Waals surface area contributed by atoms with Gasteiger partial charge >= 0.3 is 0 Å². The van der Waals surface area contributed by atoms with Crippen molar-refractivity contribution in [2.24, 2.45) is 0 Å². The van der Waals surface area contributed by atoms with Crippen molar-refractivity contribution in [1.29, 1.82) is 0 Å². The Morgan fingerprint density at radius 2 is 1.87 bits per heavy atom. The fraction of sp³-hybridized carbons (Fsp3) is 0.938. The second-order valence-electron chi connectivity index (χ2n) is 7.22. The van der Waals surface area contributed by atoms with Crippen LogP contribution in [0.25, 0.3) is 0 Å². The van der Waals surface area contributed by atoms with Crippen LogP contribution in [0.1, 0.15) is 38.5 Å². The van der Waals surface area contributed by atoms with Crippen molar-refractivity contribution in [3.63, 3.8) is 0 Å². The van der Waals surface area contributed by atoms with Crippen LogP contribution in [0.2, 0.25) is 0 Å². The van der Waals surface area contributed by atoms with Gasteiger partial charge in [0.2, 0.25) is 5.91 Å². The van der Waals surface area contributed by atoms with Crippen LogP contribution >= 0.6 is 0 Å². The van der Waals surface area contributed by atoms with Crippen molar-refractivity contribution in [2.45, 2.75) is 56.1 Å². The van der Waals surface area contributed by atoms with E-state index in [1.54, 1.807) is 0 Å². The van der Waals surface area contributed by atoms with Gasteiger partial charge in [-0.3, -0.25) is 14.6 Å². The van der Waals surface area contributed by atoms with E-state index in [2.05, 4.69) is 15.1 Å².